The Morgan fingerprint density at radius 2 is 1.75 bits per heavy atom. The number of anilines is 1. The van der Waals surface area contributed by atoms with Crippen LogP contribution in [-0.4, -0.2) is 52.2 Å². The summed E-state index contributed by atoms with van der Waals surface area (Å²) in [6, 6.07) is 20.8. The largest absolute Gasteiger partial charge is 0.463 e. The molecule has 184 valence electrons. The molecule has 9 nitrogen and oxygen atoms in total. The molecule has 2 aromatic heterocycles. The number of furan rings is 1. The molecule has 0 fully saturated rings. The molecule has 9 heteroatoms. The smallest absolute Gasteiger partial charge is 0.357 e. The molecule has 0 aliphatic heterocycles. The molecule has 0 aliphatic rings. The van der Waals surface area contributed by atoms with Gasteiger partial charge in [-0.1, -0.05) is 24.3 Å². The summed E-state index contributed by atoms with van der Waals surface area (Å²) < 4.78 is 12.1. The van der Waals surface area contributed by atoms with E-state index in [0.717, 1.165) is 0 Å². The number of hydrogen-bond donors (Lipinski definition) is 1. The summed E-state index contributed by atoms with van der Waals surface area (Å²) in [6.45, 7) is 4.47. The first-order chi connectivity index (χ1) is 17.5. The van der Waals surface area contributed by atoms with Crippen LogP contribution < -0.4 is 5.32 Å². The molecule has 0 atom stereocenters. The Morgan fingerprint density at radius 3 is 2.44 bits per heavy atom. The number of amides is 2. The van der Waals surface area contributed by atoms with Gasteiger partial charge in [-0.3, -0.25) is 9.59 Å². The Balaban J connectivity index is 1.45. The first-order valence-electron chi connectivity index (χ1n) is 11.6. The van der Waals surface area contributed by atoms with E-state index < -0.39 is 18.5 Å². The minimum absolute atomic E-state index is 0.121. The normalized spacial score (nSPS) is 10.6. The van der Waals surface area contributed by atoms with Crippen molar-refractivity contribution in [1.82, 2.24) is 14.7 Å². The average molecular weight is 487 g/mol. The predicted octanol–water partition coefficient (Wildman–Crippen LogP) is 4.41. The second-order valence-electron chi connectivity index (χ2n) is 7.82. The number of hydrogen-bond acceptors (Lipinski definition) is 6. The van der Waals surface area contributed by atoms with Crippen LogP contribution in [0.25, 0.3) is 17.1 Å². The van der Waals surface area contributed by atoms with Crippen molar-refractivity contribution in [3.63, 3.8) is 0 Å². The van der Waals surface area contributed by atoms with Gasteiger partial charge in [-0.15, -0.1) is 0 Å². The lowest BCUT2D eigenvalue weighted by molar-refractivity contribution is -0.119. The van der Waals surface area contributed by atoms with Gasteiger partial charge in [0, 0.05) is 30.4 Å². The second kappa shape index (κ2) is 11.2. The van der Waals surface area contributed by atoms with E-state index in [4.69, 9.17) is 9.15 Å². The van der Waals surface area contributed by atoms with Crippen LogP contribution in [-0.2, 0) is 9.53 Å². The lowest BCUT2D eigenvalue weighted by atomic mass is 10.1. The fraction of sp³-hybridized carbons (Fsp3) is 0.185. The Hall–Kier alpha value is -4.66. The van der Waals surface area contributed by atoms with Crippen LogP contribution in [0, 0.1) is 0 Å². The molecular weight excluding hydrogens is 460 g/mol. The van der Waals surface area contributed by atoms with E-state index in [0.29, 0.717) is 41.5 Å². The zero-order chi connectivity index (χ0) is 25.5. The maximum Gasteiger partial charge on any atom is 0.357 e. The lowest BCUT2D eigenvalue weighted by Gasteiger charge is -2.19. The zero-order valence-corrected chi connectivity index (χ0v) is 20.0. The molecule has 0 radical (unpaired) electrons. The third-order valence-corrected chi connectivity index (χ3v) is 5.47. The number of benzene rings is 2. The minimum atomic E-state index is -0.718. The molecule has 0 saturated heterocycles. The first kappa shape index (κ1) is 24.5. The molecule has 0 unspecified atom stereocenters. The van der Waals surface area contributed by atoms with E-state index in [9.17, 15) is 14.4 Å². The molecule has 0 saturated carbocycles. The quantitative estimate of drug-likeness (QED) is 0.351. The molecule has 0 bridgehead atoms. The van der Waals surface area contributed by atoms with Gasteiger partial charge in [0.1, 0.15) is 5.69 Å². The molecule has 2 aromatic carbocycles. The van der Waals surface area contributed by atoms with Crippen molar-refractivity contribution < 1.29 is 23.5 Å². The summed E-state index contributed by atoms with van der Waals surface area (Å²) in [7, 11) is 0. The molecule has 0 spiro atoms. The fourth-order valence-corrected chi connectivity index (χ4v) is 3.66. The van der Waals surface area contributed by atoms with Crippen molar-refractivity contribution >= 4 is 23.5 Å². The highest BCUT2D eigenvalue weighted by atomic mass is 16.5. The number of para-hydroxylation sites is 1. The standard InChI is InChI=1S/C27H26N4O5/c1-3-30(4-2)26(33)19-10-8-11-20(16-19)28-25(32)18-36-27(34)23-17-22(24-14-9-15-35-24)29-31(23)21-12-6-5-7-13-21/h5-17H,3-4,18H2,1-2H3,(H,28,32). The highest BCUT2D eigenvalue weighted by molar-refractivity contribution is 5.98. The summed E-state index contributed by atoms with van der Waals surface area (Å²) in [5.74, 6) is -0.878. The number of esters is 1. The number of rotatable bonds is 9. The van der Waals surface area contributed by atoms with Crippen LogP contribution in [0.4, 0.5) is 5.69 Å². The molecule has 36 heavy (non-hydrogen) atoms. The van der Waals surface area contributed by atoms with E-state index in [1.165, 1.54) is 10.9 Å². The van der Waals surface area contributed by atoms with Crippen molar-refractivity contribution in [1.29, 1.82) is 0 Å². The number of aromatic nitrogens is 2. The zero-order valence-electron chi connectivity index (χ0n) is 20.0. The molecule has 2 amide bonds. The summed E-state index contributed by atoms with van der Waals surface area (Å²) in [6.07, 6.45) is 1.52. The highest BCUT2D eigenvalue weighted by Crippen LogP contribution is 2.23. The van der Waals surface area contributed by atoms with Crippen molar-refractivity contribution in [2.45, 2.75) is 13.8 Å². The summed E-state index contributed by atoms with van der Waals surface area (Å²) in [4.78, 5) is 39.7. The van der Waals surface area contributed by atoms with Gasteiger partial charge >= 0.3 is 5.97 Å². The Bertz CT molecular complexity index is 1340. The topological polar surface area (TPSA) is 107 Å². The molecule has 4 aromatic rings. The molecular formula is C27H26N4O5. The third kappa shape index (κ3) is 5.52. The van der Waals surface area contributed by atoms with E-state index in [1.54, 1.807) is 59.5 Å². The molecule has 2 heterocycles. The monoisotopic (exact) mass is 486 g/mol. The maximum absolute atomic E-state index is 12.9. The number of carbonyl (C=O) groups is 3. The second-order valence-corrected chi connectivity index (χ2v) is 7.82. The average Bonchev–Trinajstić information content (AvgIpc) is 3.59. The van der Waals surface area contributed by atoms with Gasteiger partial charge < -0.3 is 19.4 Å². The van der Waals surface area contributed by atoms with Gasteiger partial charge in [0.25, 0.3) is 11.8 Å². The number of nitrogens with zero attached hydrogens (tertiary/aromatic N) is 3. The van der Waals surface area contributed by atoms with Gasteiger partial charge in [0.15, 0.2) is 18.1 Å². The third-order valence-electron chi connectivity index (χ3n) is 5.47. The fourth-order valence-electron chi connectivity index (χ4n) is 3.66. The van der Waals surface area contributed by atoms with Crippen LogP contribution in [0.1, 0.15) is 34.7 Å². The van der Waals surface area contributed by atoms with E-state index >= 15 is 0 Å². The Labute approximate surface area is 208 Å². The van der Waals surface area contributed by atoms with Crippen LogP contribution in [0.3, 0.4) is 0 Å². The van der Waals surface area contributed by atoms with Crippen LogP contribution >= 0.6 is 0 Å². The van der Waals surface area contributed by atoms with Crippen molar-refractivity contribution in [2.75, 3.05) is 25.0 Å². The predicted molar refractivity (Wildman–Crippen MR) is 134 cm³/mol. The lowest BCUT2D eigenvalue weighted by Crippen LogP contribution is -2.30. The molecule has 1 N–H and O–H groups in total. The van der Waals surface area contributed by atoms with Gasteiger partial charge in [-0.25, -0.2) is 9.48 Å². The first-order valence-corrected chi connectivity index (χ1v) is 11.6. The van der Waals surface area contributed by atoms with E-state index in [2.05, 4.69) is 10.4 Å². The van der Waals surface area contributed by atoms with Gasteiger partial charge in [0.05, 0.1) is 12.0 Å². The number of ether oxygens (including phenoxy) is 1. The van der Waals surface area contributed by atoms with Gasteiger partial charge in [-0.2, -0.15) is 5.10 Å². The van der Waals surface area contributed by atoms with Crippen molar-refractivity contribution in [3.8, 4) is 17.1 Å². The van der Waals surface area contributed by atoms with Crippen LogP contribution in [0.5, 0.6) is 0 Å². The van der Waals surface area contributed by atoms with E-state index in [-0.39, 0.29) is 11.6 Å². The summed E-state index contributed by atoms with van der Waals surface area (Å²) in [5, 5.41) is 7.15. The highest BCUT2D eigenvalue weighted by Gasteiger charge is 2.21. The van der Waals surface area contributed by atoms with Crippen LogP contribution in [0.2, 0.25) is 0 Å². The molecule has 4 rings (SSSR count). The summed E-state index contributed by atoms with van der Waals surface area (Å²) >= 11 is 0. The van der Waals surface area contributed by atoms with Crippen LogP contribution in [0.15, 0.2) is 83.5 Å². The van der Waals surface area contributed by atoms with Gasteiger partial charge in [0.2, 0.25) is 0 Å². The Morgan fingerprint density at radius 1 is 0.972 bits per heavy atom. The van der Waals surface area contributed by atoms with Crippen molar-refractivity contribution in [3.05, 3.63) is 90.3 Å². The maximum atomic E-state index is 12.9. The SMILES string of the molecule is CCN(CC)C(=O)c1cccc(NC(=O)COC(=O)c2cc(-c3ccco3)nn2-c2ccccc2)c1. The minimum Gasteiger partial charge on any atom is -0.463 e. The van der Waals surface area contributed by atoms with Gasteiger partial charge in [-0.05, 0) is 56.3 Å². The number of carbonyl (C=O) groups excluding carboxylic acids is 3. The van der Waals surface area contributed by atoms with E-state index in [1.807, 2.05) is 32.0 Å². The van der Waals surface area contributed by atoms with Crippen molar-refractivity contribution in [2.24, 2.45) is 0 Å². The summed E-state index contributed by atoms with van der Waals surface area (Å²) in [5.41, 5.74) is 2.15. The molecule has 0 aliphatic carbocycles. The Kier molecular flexibility index (Phi) is 7.60. The number of nitrogens with one attached hydrogen (secondary N) is 1.